The molecule has 0 aromatic heterocycles. The van der Waals surface area contributed by atoms with Gasteiger partial charge in [-0.05, 0) is 37.1 Å². The minimum Gasteiger partial charge on any atom is -0.381 e. The average molecular weight is 366 g/mol. The lowest BCUT2D eigenvalue weighted by Crippen LogP contribution is -2.35. The Morgan fingerprint density at radius 1 is 1.00 bits per heavy atom. The van der Waals surface area contributed by atoms with Crippen LogP contribution in [0.3, 0.4) is 0 Å². The summed E-state index contributed by atoms with van der Waals surface area (Å²) in [5.74, 6) is -1.80. The van der Waals surface area contributed by atoms with E-state index in [1.54, 1.807) is 18.2 Å². The van der Waals surface area contributed by atoms with Gasteiger partial charge < -0.3 is 5.32 Å². The number of piperidine rings is 1. The van der Waals surface area contributed by atoms with Gasteiger partial charge in [-0.3, -0.25) is 0 Å². The molecule has 7 heteroatoms. The Kier molecular flexibility index (Phi) is 5.34. The molecule has 0 saturated carbocycles. The van der Waals surface area contributed by atoms with E-state index in [1.165, 1.54) is 22.5 Å². The van der Waals surface area contributed by atoms with E-state index < -0.39 is 21.7 Å². The lowest BCUT2D eigenvalue weighted by molar-refractivity contribution is 0.346. The van der Waals surface area contributed by atoms with Crippen LogP contribution in [0.4, 0.5) is 14.5 Å². The number of nitrogens with zero attached hydrogens (tertiary/aromatic N) is 1. The van der Waals surface area contributed by atoms with E-state index in [1.807, 2.05) is 0 Å². The van der Waals surface area contributed by atoms with E-state index >= 15 is 0 Å². The molecule has 1 aliphatic heterocycles. The van der Waals surface area contributed by atoms with E-state index in [0.29, 0.717) is 18.8 Å². The molecular formula is C18H20F2N2O2S. The van der Waals surface area contributed by atoms with Crippen LogP contribution in [0.5, 0.6) is 0 Å². The number of nitrogens with one attached hydrogen (secondary N) is 1. The van der Waals surface area contributed by atoms with Crippen LogP contribution in [0.2, 0.25) is 0 Å². The van der Waals surface area contributed by atoms with Crippen LogP contribution in [0.15, 0.2) is 47.4 Å². The number of rotatable bonds is 5. The number of halogens is 2. The number of anilines is 1. The molecule has 4 nitrogen and oxygen atoms in total. The van der Waals surface area contributed by atoms with E-state index in [-0.39, 0.29) is 17.0 Å². The molecule has 1 N–H and O–H groups in total. The zero-order valence-corrected chi connectivity index (χ0v) is 14.5. The van der Waals surface area contributed by atoms with Gasteiger partial charge in [0.15, 0.2) is 11.6 Å². The summed E-state index contributed by atoms with van der Waals surface area (Å²) in [5, 5.41) is 2.95. The van der Waals surface area contributed by atoms with Crippen molar-refractivity contribution in [2.75, 3.05) is 18.4 Å². The Morgan fingerprint density at radius 2 is 1.72 bits per heavy atom. The summed E-state index contributed by atoms with van der Waals surface area (Å²) >= 11 is 0. The van der Waals surface area contributed by atoms with E-state index in [0.717, 1.165) is 25.3 Å². The van der Waals surface area contributed by atoms with Gasteiger partial charge >= 0.3 is 0 Å². The molecule has 2 aromatic carbocycles. The molecule has 0 unspecified atom stereocenters. The number of benzene rings is 2. The van der Waals surface area contributed by atoms with Gasteiger partial charge in [0.05, 0.1) is 4.90 Å². The molecule has 2 aromatic rings. The van der Waals surface area contributed by atoms with Crippen molar-refractivity contribution >= 4 is 15.7 Å². The SMILES string of the molecule is O=S(=O)(c1cccc(NCc2cccc(F)c2F)c1)N1CCCCC1. The molecule has 1 saturated heterocycles. The maximum Gasteiger partial charge on any atom is 0.243 e. The number of hydrogen-bond acceptors (Lipinski definition) is 3. The van der Waals surface area contributed by atoms with Crippen LogP contribution < -0.4 is 5.32 Å². The molecule has 134 valence electrons. The van der Waals surface area contributed by atoms with Crippen molar-refractivity contribution in [3.63, 3.8) is 0 Å². The Morgan fingerprint density at radius 3 is 2.48 bits per heavy atom. The smallest absolute Gasteiger partial charge is 0.243 e. The molecule has 0 aliphatic carbocycles. The predicted molar refractivity (Wildman–Crippen MR) is 92.7 cm³/mol. The lowest BCUT2D eigenvalue weighted by Gasteiger charge is -2.26. The second-order valence-corrected chi connectivity index (χ2v) is 8.00. The second-order valence-electron chi connectivity index (χ2n) is 6.06. The maximum absolute atomic E-state index is 13.7. The fourth-order valence-corrected chi connectivity index (χ4v) is 4.47. The topological polar surface area (TPSA) is 49.4 Å². The molecule has 0 amide bonds. The Balaban J connectivity index is 1.76. The molecular weight excluding hydrogens is 346 g/mol. The van der Waals surface area contributed by atoms with Crippen molar-refractivity contribution in [3.8, 4) is 0 Å². The van der Waals surface area contributed by atoms with Gasteiger partial charge in [0.2, 0.25) is 10.0 Å². The first-order valence-electron chi connectivity index (χ1n) is 8.25. The van der Waals surface area contributed by atoms with Gasteiger partial charge in [-0.2, -0.15) is 4.31 Å². The first-order valence-corrected chi connectivity index (χ1v) is 9.69. The number of sulfonamides is 1. The summed E-state index contributed by atoms with van der Waals surface area (Å²) < 4.78 is 53.8. The monoisotopic (exact) mass is 366 g/mol. The largest absolute Gasteiger partial charge is 0.381 e. The quantitative estimate of drug-likeness (QED) is 0.877. The average Bonchev–Trinajstić information content (AvgIpc) is 2.64. The Labute approximate surface area is 146 Å². The Bertz CT molecular complexity index is 850. The summed E-state index contributed by atoms with van der Waals surface area (Å²) in [7, 11) is -3.52. The van der Waals surface area contributed by atoms with E-state index in [4.69, 9.17) is 0 Å². The third-order valence-electron chi connectivity index (χ3n) is 4.30. The third kappa shape index (κ3) is 3.99. The fourth-order valence-electron chi connectivity index (χ4n) is 2.90. The highest BCUT2D eigenvalue weighted by molar-refractivity contribution is 7.89. The van der Waals surface area contributed by atoms with Crippen molar-refractivity contribution in [1.29, 1.82) is 0 Å². The molecule has 25 heavy (non-hydrogen) atoms. The van der Waals surface area contributed by atoms with Gasteiger partial charge in [-0.1, -0.05) is 24.6 Å². The molecule has 3 rings (SSSR count). The molecule has 0 radical (unpaired) electrons. The van der Waals surface area contributed by atoms with Crippen molar-refractivity contribution < 1.29 is 17.2 Å². The summed E-state index contributed by atoms with van der Waals surface area (Å²) in [4.78, 5) is 0.208. The van der Waals surface area contributed by atoms with Gasteiger partial charge in [0.25, 0.3) is 0 Å². The zero-order chi connectivity index (χ0) is 17.9. The molecule has 1 heterocycles. The van der Waals surface area contributed by atoms with Crippen LogP contribution in [-0.2, 0) is 16.6 Å². The van der Waals surface area contributed by atoms with Crippen LogP contribution in [-0.4, -0.2) is 25.8 Å². The Hall–Kier alpha value is -1.99. The second kappa shape index (κ2) is 7.49. The standard InChI is InChI=1S/C18H20F2N2O2S/c19-17-9-4-6-14(18(17)20)13-21-15-7-5-8-16(12-15)25(23,24)22-10-2-1-3-11-22/h4-9,12,21H,1-3,10-11,13H2. The molecule has 0 spiro atoms. The lowest BCUT2D eigenvalue weighted by atomic mass is 10.2. The highest BCUT2D eigenvalue weighted by Gasteiger charge is 2.25. The van der Waals surface area contributed by atoms with Gasteiger partial charge in [0, 0.05) is 30.9 Å². The minimum atomic E-state index is -3.52. The van der Waals surface area contributed by atoms with E-state index in [9.17, 15) is 17.2 Å². The molecule has 1 aliphatic rings. The minimum absolute atomic E-state index is 0.0663. The molecule has 0 bridgehead atoms. The van der Waals surface area contributed by atoms with Crippen molar-refractivity contribution in [2.24, 2.45) is 0 Å². The van der Waals surface area contributed by atoms with E-state index in [2.05, 4.69) is 5.32 Å². The fraction of sp³-hybridized carbons (Fsp3) is 0.333. The highest BCUT2D eigenvalue weighted by Crippen LogP contribution is 2.23. The van der Waals surface area contributed by atoms with Gasteiger partial charge in [-0.15, -0.1) is 0 Å². The van der Waals surface area contributed by atoms with Gasteiger partial charge in [-0.25, -0.2) is 17.2 Å². The van der Waals surface area contributed by atoms with Crippen LogP contribution >= 0.6 is 0 Å². The summed E-state index contributed by atoms with van der Waals surface area (Å²) in [5.41, 5.74) is 0.728. The van der Waals surface area contributed by atoms with Gasteiger partial charge in [0.1, 0.15) is 0 Å². The highest BCUT2D eigenvalue weighted by atomic mass is 32.2. The van der Waals surface area contributed by atoms with Crippen LogP contribution in [0.1, 0.15) is 24.8 Å². The molecule has 0 atom stereocenters. The third-order valence-corrected chi connectivity index (χ3v) is 6.20. The predicted octanol–water partition coefficient (Wildman–Crippen LogP) is 3.75. The first kappa shape index (κ1) is 17.8. The van der Waals surface area contributed by atoms with Crippen molar-refractivity contribution in [1.82, 2.24) is 4.31 Å². The van der Waals surface area contributed by atoms with Crippen LogP contribution in [0.25, 0.3) is 0 Å². The van der Waals surface area contributed by atoms with Crippen molar-refractivity contribution in [2.45, 2.75) is 30.7 Å². The summed E-state index contributed by atoms with van der Waals surface area (Å²) in [6, 6.07) is 10.4. The molecule has 1 fully saturated rings. The normalized spacial score (nSPS) is 15.9. The number of hydrogen-bond donors (Lipinski definition) is 1. The van der Waals surface area contributed by atoms with Crippen LogP contribution in [0, 0.1) is 11.6 Å². The maximum atomic E-state index is 13.7. The zero-order valence-electron chi connectivity index (χ0n) is 13.7. The van der Waals surface area contributed by atoms with Crippen molar-refractivity contribution in [3.05, 3.63) is 59.7 Å². The summed E-state index contributed by atoms with van der Waals surface area (Å²) in [6.07, 6.45) is 2.79. The summed E-state index contributed by atoms with van der Waals surface area (Å²) in [6.45, 7) is 1.14. The first-order chi connectivity index (χ1) is 12.0.